The number of carbonyl (C=O) groups excluding carboxylic acids is 1. The fourth-order valence-electron chi connectivity index (χ4n) is 4.40. The second kappa shape index (κ2) is 9.70. The predicted molar refractivity (Wildman–Crippen MR) is 139 cm³/mol. The van der Waals surface area contributed by atoms with Crippen molar-refractivity contribution in [2.24, 2.45) is 0 Å². The van der Waals surface area contributed by atoms with E-state index in [0.29, 0.717) is 23.6 Å². The molecule has 0 radical (unpaired) electrons. The molecule has 5 aromatic rings. The fourth-order valence-corrected chi connectivity index (χ4v) is 4.40. The minimum absolute atomic E-state index is 0.182. The first-order valence-electron chi connectivity index (χ1n) is 11.9. The average Bonchev–Trinajstić information content (AvgIpc) is 3.37. The monoisotopic (exact) mass is 480 g/mol. The first kappa shape index (κ1) is 23.4. The molecule has 0 aliphatic carbocycles. The van der Waals surface area contributed by atoms with Gasteiger partial charge in [-0.25, -0.2) is 0 Å². The lowest BCUT2D eigenvalue weighted by Crippen LogP contribution is -2.16. The molecule has 0 unspecified atom stereocenters. The summed E-state index contributed by atoms with van der Waals surface area (Å²) in [6.07, 6.45) is 0. The summed E-state index contributed by atoms with van der Waals surface area (Å²) < 4.78 is 13.2. The van der Waals surface area contributed by atoms with Gasteiger partial charge in [0.2, 0.25) is 0 Å². The van der Waals surface area contributed by atoms with E-state index in [0.717, 1.165) is 22.7 Å². The molecule has 0 saturated heterocycles. The first-order valence-corrected chi connectivity index (χ1v) is 11.9. The molecule has 3 aromatic carbocycles. The Kier molecular flexibility index (Phi) is 6.29. The molecule has 1 N–H and O–H groups in total. The molecule has 0 aliphatic rings. The van der Waals surface area contributed by atoms with Gasteiger partial charge in [-0.3, -0.25) is 9.48 Å². The zero-order chi connectivity index (χ0) is 25.2. The number of amides is 1. The maximum atomic E-state index is 13.2. The number of anilines is 1. The average molecular weight is 481 g/mol. The van der Waals surface area contributed by atoms with Crippen molar-refractivity contribution in [2.75, 3.05) is 5.32 Å². The minimum atomic E-state index is -0.355. The van der Waals surface area contributed by atoms with Gasteiger partial charge in [-0.1, -0.05) is 65.8 Å². The SMILES string of the molecule is Cc1ccccc1OCc1c(C(=O)Nc2c(C)nn(Cc3cccc4ccccc34)c2C)noc1C. The molecular formula is C29H28N4O3. The molecule has 2 heterocycles. The van der Waals surface area contributed by atoms with E-state index in [4.69, 9.17) is 14.4 Å². The van der Waals surface area contributed by atoms with Crippen LogP contribution in [0.15, 0.2) is 71.3 Å². The van der Waals surface area contributed by atoms with Crippen molar-refractivity contribution in [3.63, 3.8) is 0 Å². The van der Waals surface area contributed by atoms with E-state index in [1.807, 2.05) is 61.9 Å². The van der Waals surface area contributed by atoms with Crippen molar-refractivity contribution >= 4 is 22.4 Å². The number of rotatable bonds is 7. The molecule has 0 aliphatic heterocycles. The van der Waals surface area contributed by atoms with Gasteiger partial charge in [0.15, 0.2) is 5.69 Å². The van der Waals surface area contributed by atoms with Crippen LogP contribution in [0.4, 0.5) is 5.69 Å². The molecule has 0 fully saturated rings. The highest BCUT2D eigenvalue weighted by Crippen LogP contribution is 2.26. The summed E-state index contributed by atoms with van der Waals surface area (Å²) in [5.41, 5.74) is 5.29. The van der Waals surface area contributed by atoms with Crippen molar-refractivity contribution < 1.29 is 14.1 Å². The van der Waals surface area contributed by atoms with Gasteiger partial charge in [0.1, 0.15) is 18.1 Å². The third-order valence-electron chi connectivity index (χ3n) is 6.49. The summed E-state index contributed by atoms with van der Waals surface area (Å²) in [7, 11) is 0. The molecule has 36 heavy (non-hydrogen) atoms. The summed E-state index contributed by atoms with van der Waals surface area (Å²) in [4.78, 5) is 13.2. The summed E-state index contributed by atoms with van der Waals surface area (Å²) in [6.45, 7) is 8.38. The van der Waals surface area contributed by atoms with Gasteiger partial charge in [0.05, 0.1) is 29.2 Å². The third kappa shape index (κ3) is 4.47. The number of ether oxygens (including phenoxy) is 1. The number of benzene rings is 3. The van der Waals surface area contributed by atoms with Crippen LogP contribution in [0.2, 0.25) is 0 Å². The van der Waals surface area contributed by atoms with Crippen molar-refractivity contribution in [1.82, 2.24) is 14.9 Å². The second-order valence-corrected chi connectivity index (χ2v) is 8.92. The van der Waals surface area contributed by atoms with Crippen LogP contribution in [0.1, 0.15) is 44.3 Å². The van der Waals surface area contributed by atoms with Crippen LogP contribution in [-0.4, -0.2) is 20.8 Å². The number of hydrogen-bond donors (Lipinski definition) is 1. The number of nitrogens with zero attached hydrogens (tertiary/aromatic N) is 3. The van der Waals surface area contributed by atoms with Crippen molar-refractivity contribution in [3.05, 3.63) is 106 Å². The fraction of sp³-hybridized carbons (Fsp3) is 0.207. The Bertz CT molecular complexity index is 1560. The summed E-state index contributed by atoms with van der Waals surface area (Å²) in [5.74, 6) is 0.950. The Balaban J connectivity index is 1.36. The van der Waals surface area contributed by atoms with E-state index in [2.05, 4.69) is 40.8 Å². The molecule has 0 spiro atoms. The lowest BCUT2D eigenvalue weighted by atomic mass is 10.0. The molecule has 1 amide bonds. The van der Waals surface area contributed by atoms with E-state index in [9.17, 15) is 4.79 Å². The minimum Gasteiger partial charge on any atom is -0.488 e. The highest BCUT2D eigenvalue weighted by Gasteiger charge is 2.23. The highest BCUT2D eigenvalue weighted by molar-refractivity contribution is 6.04. The van der Waals surface area contributed by atoms with Gasteiger partial charge < -0.3 is 14.6 Å². The Morgan fingerprint density at radius 2 is 1.72 bits per heavy atom. The predicted octanol–water partition coefficient (Wildman–Crippen LogP) is 6.14. The molecule has 182 valence electrons. The van der Waals surface area contributed by atoms with Gasteiger partial charge in [-0.15, -0.1) is 0 Å². The van der Waals surface area contributed by atoms with Gasteiger partial charge in [0, 0.05) is 0 Å². The molecule has 7 heteroatoms. The van der Waals surface area contributed by atoms with Gasteiger partial charge in [-0.2, -0.15) is 5.10 Å². The Morgan fingerprint density at radius 1 is 0.972 bits per heavy atom. The first-order chi connectivity index (χ1) is 17.4. The van der Waals surface area contributed by atoms with Gasteiger partial charge >= 0.3 is 0 Å². The Morgan fingerprint density at radius 3 is 2.56 bits per heavy atom. The smallest absolute Gasteiger partial charge is 0.278 e. The van der Waals surface area contributed by atoms with Crippen molar-refractivity contribution in [3.8, 4) is 5.75 Å². The van der Waals surface area contributed by atoms with Crippen LogP contribution in [0, 0.1) is 27.7 Å². The van der Waals surface area contributed by atoms with Crippen LogP contribution < -0.4 is 10.1 Å². The van der Waals surface area contributed by atoms with Crippen molar-refractivity contribution in [1.29, 1.82) is 0 Å². The lowest BCUT2D eigenvalue weighted by molar-refractivity contribution is 0.101. The molecule has 0 atom stereocenters. The van der Waals surface area contributed by atoms with Crippen LogP contribution >= 0.6 is 0 Å². The zero-order valence-electron chi connectivity index (χ0n) is 20.8. The second-order valence-electron chi connectivity index (χ2n) is 8.92. The molecule has 2 aromatic heterocycles. The topological polar surface area (TPSA) is 82.2 Å². The van der Waals surface area contributed by atoms with Crippen LogP contribution in [-0.2, 0) is 13.2 Å². The van der Waals surface area contributed by atoms with Gasteiger partial charge in [-0.05, 0) is 55.7 Å². The number of fused-ring (bicyclic) bond motifs is 1. The number of hydrogen-bond acceptors (Lipinski definition) is 5. The number of nitrogens with one attached hydrogen (secondary N) is 1. The normalized spacial score (nSPS) is 11.1. The Labute approximate surface area is 209 Å². The quantitative estimate of drug-likeness (QED) is 0.303. The molecule has 0 bridgehead atoms. The number of aromatic nitrogens is 3. The van der Waals surface area contributed by atoms with E-state index >= 15 is 0 Å². The molecule has 5 rings (SSSR count). The highest BCUT2D eigenvalue weighted by atomic mass is 16.5. The van der Waals surface area contributed by atoms with Crippen molar-refractivity contribution in [2.45, 2.75) is 40.8 Å². The standard InChI is InChI=1S/C29H28N4O3/c1-18-10-5-8-15-26(18)35-17-25-21(4)36-32-28(25)29(34)30-27-19(2)31-33(20(27)3)16-23-13-9-12-22-11-6-7-14-24(22)23/h5-15H,16-17H2,1-4H3,(H,30,34). The maximum Gasteiger partial charge on any atom is 0.278 e. The number of aryl methyl sites for hydroxylation is 3. The van der Waals surface area contributed by atoms with E-state index in [1.54, 1.807) is 6.92 Å². The molecular weight excluding hydrogens is 452 g/mol. The van der Waals surface area contributed by atoms with Crippen LogP contribution in [0.3, 0.4) is 0 Å². The number of para-hydroxylation sites is 1. The summed E-state index contributed by atoms with van der Waals surface area (Å²) in [5, 5.41) is 14.1. The molecule has 7 nitrogen and oxygen atoms in total. The Hall–Kier alpha value is -4.39. The van der Waals surface area contributed by atoms with E-state index in [1.165, 1.54) is 16.3 Å². The largest absolute Gasteiger partial charge is 0.488 e. The maximum absolute atomic E-state index is 13.2. The van der Waals surface area contributed by atoms with E-state index in [-0.39, 0.29) is 18.2 Å². The van der Waals surface area contributed by atoms with E-state index < -0.39 is 0 Å². The van der Waals surface area contributed by atoms with Gasteiger partial charge in [0.25, 0.3) is 5.91 Å². The lowest BCUT2D eigenvalue weighted by Gasteiger charge is -2.10. The third-order valence-corrected chi connectivity index (χ3v) is 6.49. The number of carbonyl (C=O) groups is 1. The van der Waals surface area contributed by atoms with Crippen LogP contribution in [0.5, 0.6) is 5.75 Å². The zero-order valence-corrected chi connectivity index (χ0v) is 20.8. The summed E-state index contributed by atoms with van der Waals surface area (Å²) in [6, 6.07) is 22.3. The molecule has 0 saturated carbocycles. The summed E-state index contributed by atoms with van der Waals surface area (Å²) >= 11 is 0. The van der Waals surface area contributed by atoms with Crippen LogP contribution in [0.25, 0.3) is 10.8 Å².